The molecule has 0 N–H and O–H groups in total. The molecule has 0 saturated heterocycles. The number of furan rings is 2. The maximum Gasteiger partial charge on any atom is 0.138 e. The van der Waals surface area contributed by atoms with Crippen LogP contribution >= 0.6 is 8.19 Å². The topological polar surface area (TPSA) is 26.3 Å². The van der Waals surface area contributed by atoms with Gasteiger partial charge in [-0.3, -0.25) is 0 Å². The Morgan fingerprint density at radius 1 is 0.882 bits per heavy atom. The Labute approximate surface area is 101 Å². The van der Waals surface area contributed by atoms with E-state index in [1.807, 2.05) is 24.3 Å². The fourth-order valence-electron chi connectivity index (χ4n) is 1.75. The van der Waals surface area contributed by atoms with Crippen LogP contribution in [0.25, 0.3) is 22.1 Å². The molecule has 17 heavy (non-hydrogen) atoms. The lowest BCUT2D eigenvalue weighted by Gasteiger charge is -2.04. The molecule has 0 unspecified atom stereocenters. The highest BCUT2D eigenvalue weighted by Gasteiger charge is 2.09. The number of aryl methyl sites for hydroxylation is 1. The third-order valence-corrected chi connectivity index (χ3v) is 4.03. The van der Waals surface area contributed by atoms with Gasteiger partial charge in [0.05, 0.1) is 12.5 Å². The molecular weight excluding hydrogens is 231 g/mol. The first-order valence-electron chi connectivity index (χ1n) is 5.40. The van der Waals surface area contributed by atoms with E-state index in [-0.39, 0.29) is 0 Å². The fourth-order valence-corrected chi connectivity index (χ4v) is 2.87. The van der Waals surface area contributed by atoms with E-state index in [4.69, 9.17) is 8.83 Å². The Hall–Kier alpha value is -1.79. The van der Waals surface area contributed by atoms with Gasteiger partial charge in [0.1, 0.15) is 11.5 Å². The zero-order chi connectivity index (χ0) is 11.7. The van der Waals surface area contributed by atoms with Crippen LogP contribution in [0.5, 0.6) is 0 Å². The summed E-state index contributed by atoms with van der Waals surface area (Å²) >= 11 is 0. The first-order chi connectivity index (χ1) is 8.34. The average molecular weight is 242 g/mol. The SMILES string of the molecule is Cc1ccc(-c2ccco2)pc1-c1ccco1. The fraction of sp³-hybridized carbons (Fsp3) is 0.0714. The second-order valence-corrected chi connectivity index (χ2v) is 4.97. The van der Waals surface area contributed by atoms with Crippen LogP contribution in [0.15, 0.2) is 57.8 Å². The molecule has 0 aliphatic heterocycles. The van der Waals surface area contributed by atoms with Gasteiger partial charge >= 0.3 is 0 Å². The van der Waals surface area contributed by atoms with Gasteiger partial charge in [-0.2, -0.15) is 0 Å². The van der Waals surface area contributed by atoms with E-state index in [0.717, 1.165) is 25.0 Å². The van der Waals surface area contributed by atoms with E-state index >= 15 is 0 Å². The van der Waals surface area contributed by atoms with Gasteiger partial charge in [-0.15, -0.1) is 0 Å². The summed E-state index contributed by atoms with van der Waals surface area (Å²) in [6, 6.07) is 12.0. The molecule has 0 radical (unpaired) electrons. The van der Waals surface area contributed by atoms with Gasteiger partial charge in [0.25, 0.3) is 0 Å². The largest absolute Gasteiger partial charge is 0.464 e. The Balaban J connectivity index is 2.13. The second kappa shape index (κ2) is 4.23. The normalized spacial score (nSPS) is 11.1. The highest BCUT2D eigenvalue weighted by Crippen LogP contribution is 2.39. The molecule has 0 aromatic carbocycles. The quantitative estimate of drug-likeness (QED) is 0.625. The minimum Gasteiger partial charge on any atom is -0.464 e. The van der Waals surface area contributed by atoms with Gasteiger partial charge < -0.3 is 8.83 Å². The summed E-state index contributed by atoms with van der Waals surface area (Å²) in [7, 11) is 1.13. The molecule has 0 aliphatic rings. The molecule has 0 fully saturated rings. The van der Waals surface area contributed by atoms with Crippen molar-refractivity contribution in [3.05, 3.63) is 54.5 Å². The summed E-state index contributed by atoms with van der Waals surface area (Å²) in [6.45, 7) is 2.10. The number of hydrogen-bond acceptors (Lipinski definition) is 2. The van der Waals surface area contributed by atoms with Gasteiger partial charge in [-0.1, -0.05) is 14.3 Å². The Bertz CT molecular complexity index is 610. The van der Waals surface area contributed by atoms with Crippen molar-refractivity contribution in [2.75, 3.05) is 0 Å². The van der Waals surface area contributed by atoms with Gasteiger partial charge in [-0.05, 0) is 42.8 Å². The smallest absolute Gasteiger partial charge is 0.138 e. The monoisotopic (exact) mass is 242 g/mol. The minimum atomic E-state index is 0.916. The van der Waals surface area contributed by atoms with Gasteiger partial charge in [-0.25, -0.2) is 0 Å². The van der Waals surface area contributed by atoms with Gasteiger partial charge in [0, 0.05) is 10.6 Å². The molecule has 3 rings (SSSR count). The summed E-state index contributed by atoms with van der Waals surface area (Å²) in [5.74, 6) is 1.84. The van der Waals surface area contributed by atoms with E-state index < -0.39 is 0 Å². The molecule has 0 saturated carbocycles. The molecule has 0 atom stereocenters. The summed E-state index contributed by atoms with van der Waals surface area (Å²) < 4.78 is 10.9. The molecule has 3 heteroatoms. The highest BCUT2D eigenvalue weighted by molar-refractivity contribution is 7.37. The maximum absolute atomic E-state index is 5.47. The third-order valence-electron chi connectivity index (χ3n) is 2.63. The maximum atomic E-state index is 5.47. The van der Waals surface area contributed by atoms with Crippen LogP contribution in [0.3, 0.4) is 0 Å². The van der Waals surface area contributed by atoms with E-state index in [1.165, 1.54) is 10.9 Å². The first-order valence-corrected chi connectivity index (χ1v) is 6.29. The number of hydrogen-bond donors (Lipinski definition) is 0. The van der Waals surface area contributed by atoms with Crippen molar-refractivity contribution in [3.8, 4) is 22.1 Å². The van der Waals surface area contributed by atoms with E-state index in [2.05, 4.69) is 19.1 Å². The van der Waals surface area contributed by atoms with Gasteiger partial charge in [0.2, 0.25) is 0 Å². The summed E-state index contributed by atoms with van der Waals surface area (Å²) in [4.78, 5) is 0. The Kier molecular flexibility index (Phi) is 2.58. The van der Waals surface area contributed by atoms with Crippen molar-refractivity contribution in [2.45, 2.75) is 6.92 Å². The third kappa shape index (κ3) is 1.92. The van der Waals surface area contributed by atoms with Crippen LogP contribution in [-0.4, -0.2) is 0 Å². The standard InChI is InChI=1S/C14H11O2P/c1-10-6-7-13(11-4-2-8-15-11)17-14(10)12-5-3-9-16-12/h2-9H,1H3. The zero-order valence-corrected chi connectivity index (χ0v) is 10.3. The summed E-state index contributed by atoms with van der Waals surface area (Å²) in [6.07, 6.45) is 3.40. The predicted octanol–water partition coefficient (Wildman–Crippen LogP) is 5.10. The van der Waals surface area contributed by atoms with Crippen molar-refractivity contribution in [3.63, 3.8) is 0 Å². The van der Waals surface area contributed by atoms with Crippen molar-refractivity contribution in [1.29, 1.82) is 0 Å². The lowest BCUT2D eigenvalue weighted by Crippen LogP contribution is -1.77. The highest BCUT2D eigenvalue weighted by atomic mass is 31.0. The molecule has 3 aromatic heterocycles. The average Bonchev–Trinajstić information content (AvgIpc) is 3.03. The van der Waals surface area contributed by atoms with Crippen molar-refractivity contribution in [1.82, 2.24) is 0 Å². The molecule has 0 bridgehead atoms. The second-order valence-electron chi connectivity index (χ2n) is 3.82. The van der Waals surface area contributed by atoms with Crippen molar-refractivity contribution in [2.24, 2.45) is 0 Å². The summed E-state index contributed by atoms with van der Waals surface area (Å²) in [5, 5.41) is 2.36. The molecule has 84 valence electrons. The van der Waals surface area contributed by atoms with Crippen LogP contribution in [0, 0.1) is 6.92 Å². The molecule has 3 heterocycles. The Morgan fingerprint density at radius 2 is 1.59 bits per heavy atom. The molecule has 0 amide bonds. The zero-order valence-electron chi connectivity index (χ0n) is 9.38. The van der Waals surface area contributed by atoms with Crippen LogP contribution < -0.4 is 0 Å². The number of rotatable bonds is 2. The lowest BCUT2D eigenvalue weighted by molar-refractivity contribution is 0.583. The van der Waals surface area contributed by atoms with Crippen LogP contribution in [-0.2, 0) is 0 Å². The van der Waals surface area contributed by atoms with E-state index in [0.29, 0.717) is 0 Å². The Morgan fingerprint density at radius 3 is 2.24 bits per heavy atom. The van der Waals surface area contributed by atoms with Crippen LogP contribution in [0.1, 0.15) is 5.56 Å². The van der Waals surface area contributed by atoms with E-state index in [9.17, 15) is 0 Å². The summed E-state index contributed by atoms with van der Waals surface area (Å²) in [5.41, 5.74) is 1.23. The van der Waals surface area contributed by atoms with Gasteiger partial charge in [0.15, 0.2) is 0 Å². The van der Waals surface area contributed by atoms with Crippen molar-refractivity contribution < 1.29 is 8.83 Å². The lowest BCUT2D eigenvalue weighted by atomic mass is 10.2. The van der Waals surface area contributed by atoms with Crippen molar-refractivity contribution >= 4 is 8.19 Å². The molecular formula is C14H11O2P. The van der Waals surface area contributed by atoms with E-state index in [1.54, 1.807) is 12.5 Å². The first kappa shape index (κ1) is 10.4. The molecule has 2 nitrogen and oxygen atoms in total. The molecule has 0 spiro atoms. The molecule has 3 aromatic rings. The molecule has 0 aliphatic carbocycles. The minimum absolute atomic E-state index is 0.916. The predicted molar refractivity (Wildman–Crippen MR) is 69.1 cm³/mol. The van der Waals surface area contributed by atoms with Crippen LogP contribution in [0.2, 0.25) is 0 Å². The van der Waals surface area contributed by atoms with Crippen LogP contribution in [0.4, 0.5) is 0 Å².